The monoisotopic (exact) mass is 462 g/mol. The van der Waals surface area contributed by atoms with E-state index in [0.717, 1.165) is 75.5 Å². The number of carbonyl (C=O) groups excluding carboxylic acids is 1. The van der Waals surface area contributed by atoms with E-state index in [2.05, 4.69) is 40.2 Å². The third-order valence-corrected chi connectivity index (χ3v) is 6.57. The molecule has 186 valence electrons. The molecule has 2 aliphatic rings. The zero-order chi connectivity index (χ0) is 23.8. The number of amides is 1. The van der Waals surface area contributed by atoms with Crippen LogP contribution in [0.3, 0.4) is 0 Å². The first-order chi connectivity index (χ1) is 15.8. The van der Waals surface area contributed by atoms with E-state index >= 15 is 0 Å². The average molecular weight is 463 g/mol. The number of piperidine rings is 1. The molecule has 8 nitrogen and oxygen atoms in total. The molecule has 8 heteroatoms. The number of nitrogens with one attached hydrogen (secondary N) is 1. The summed E-state index contributed by atoms with van der Waals surface area (Å²) in [4.78, 5) is 18.1. The third kappa shape index (κ3) is 8.14. The summed E-state index contributed by atoms with van der Waals surface area (Å²) >= 11 is 0. The van der Waals surface area contributed by atoms with Crippen molar-refractivity contribution in [2.24, 2.45) is 0 Å². The van der Waals surface area contributed by atoms with Crippen LogP contribution < -0.4 is 14.8 Å². The Morgan fingerprint density at radius 3 is 2.64 bits per heavy atom. The number of hydrogen-bond acceptors (Lipinski definition) is 7. The quantitative estimate of drug-likeness (QED) is 0.483. The number of aliphatic hydroxyl groups is 1. The van der Waals surface area contributed by atoms with Crippen LogP contribution in [-0.4, -0.2) is 104 Å². The zero-order valence-electron chi connectivity index (χ0n) is 20.8. The molecule has 0 radical (unpaired) electrons. The zero-order valence-corrected chi connectivity index (χ0v) is 20.8. The first-order valence-electron chi connectivity index (χ1n) is 12.1. The highest BCUT2D eigenvalue weighted by molar-refractivity contribution is 5.73. The topological polar surface area (TPSA) is 77.5 Å². The Labute approximate surface area is 198 Å². The van der Waals surface area contributed by atoms with Crippen LogP contribution in [0.2, 0.25) is 0 Å². The molecule has 33 heavy (non-hydrogen) atoms. The first-order valence-corrected chi connectivity index (χ1v) is 12.1. The Balaban J connectivity index is 1.46. The summed E-state index contributed by atoms with van der Waals surface area (Å²) in [6.07, 6.45) is 3.64. The fourth-order valence-electron chi connectivity index (χ4n) is 4.89. The predicted octanol–water partition coefficient (Wildman–Crippen LogP) is 1.56. The van der Waals surface area contributed by atoms with Crippen molar-refractivity contribution in [2.45, 2.75) is 50.8 Å². The van der Waals surface area contributed by atoms with E-state index in [1.54, 1.807) is 14.0 Å². The van der Waals surface area contributed by atoms with Gasteiger partial charge in [0.15, 0.2) is 11.5 Å². The van der Waals surface area contributed by atoms with Gasteiger partial charge < -0.3 is 29.7 Å². The van der Waals surface area contributed by atoms with Crippen molar-refractivity contribution in [3.8, 4) is 11.5 Å². The SMILES string of the molecule is COc1cc(CN2CC[C@](O)(CN3CCC(NC(C)=O)CC3)C2)ccc1OCCCN(C)C. The van der Waals surface area contributed by atoms with Crippen LogP contribution in [0.25, 0.3) is 0 Å². The molecule has 2 N–H and O–H groups in total. The van der Waals surface area contributed by atoms with Crippen molar-refractivity contribution in [3.05, 3.63) is 23.8 Å². The summed E-state index contributed by atoms with van der Waals surface area (Å²) in [5, 5.41) is 14.2. The number of carbonyl (C=O) groups is 1. The van der Waals surface area contributed by atoms with Gasteiger partial charge in [-0.3, -0.25) is 9.69 Å². The van der Waals surface area contributed by atoms with Crippen LogP contribution in [0.4, 0.5) is 0 Å². The Morgan fingerprint density at radius 1 is 1.21 bits per heavy atom. The molecule has 2 saturated heterocycles. The van der Waals surface area contributed by atoms with Crippen LogP contribution in [-0.2, 0) is 11.3 Å². The summed E-state index contributed by atoms with van der Waals surface area (Å²) in [6, 6.07) is 6.40. The van der Waals surface area contributed by atoms with Crippen LogP contribution in [0.5, 0.6) is 11.5 Å². The third-order valence-electron chi connectivity index (χ3n) is 6.57. The molecule has 0 saturated carbocycles. The van der Waals surface area contributed by atoms with Gasteiger partial charge in [0, 0.05) is 58.8 Å². The number of ether oxygens (including phenoxy) is 2. The van der Waals surface area contributed by atoms with Crippen LogP contribution in [0, 0.1) is 0 Å². The summed E-state index contributed by atoms with van der Waals surface area (Å²) in [5.41, 5.74) is 0.480. The standard InChI is InChI=1S/C25H42N4O4/c1-20(30)26-22-8-12-28(13-9-22)18-25(31)10-14-29(19-25)17-21-6-7-23(24(16-21)32-4)33-15-5-11-27(2)3/h6-7,16,22,31H,5,8-15,17-19H2,1-4H3,(H,26,30)/t25-/m0/s1. The molecule has 1 amide bonds. The van der Waals surface area contributed by atoms with Gasteiger partial charge in [0.25, 0.3) is 0 Å². The maximum Gasteiger partial charge on any atom is 0.217 e. The van der Waals surface area contributed by atoms with E-state index in [4.69, 9.17) is 9.47 Å². The van der Waals surface area contributed by atoms with E-state index in [1.165, 1.54) is 0 Å². The molecule has 0 bridgehead atoms. The van der Waals surface area contributed by atoms with Crippen LogP contribution in [0.1, 0.15) is 38.2 Å². The van der Waals surface area contributed by atoms with Crippen LogP contribution >= 0.6 is 0 Å². The molecular weight excluding hydrogens is 420 g/mol. The predicted molar refractivity (Wildman–Crippen MR) is 130 cm³/mol. The molecule has 1 aromatic carbocycles. The van der Waals surface area contributed by atoms with Gasteiger partial charge in [0.05, 0.1) is 19.3 Å². The smallest absolute Gasteiger partial charge is 0.217 e. The van der Waals surface area contributed by atoms with Gasteiger partial charge in [-0.15, -0.1) is 0 Å². The molecule has 3 rings (SSSR count). The molecule has 2 aliphatic heterocycles. The lowest BCUT2D eigenvalue weighted by molar-refractivity contribution is -0.120. The fourth-order valence-corrected chi connectivity index (χ4v) is 4.89. The van der Waals surface area contributed by atoms with Crippen molar-refractivity contribution in [3.63, 3.8) is 0 Å². The normalized spacial score (nSPS) is 22.6. The van der Waals surface area contributed by atoms with E-state index < -0.39 is 5.60 Å². The number of nitrogens with zero attached hydrogens (tertiary/aromatic N) is 3. The minimum Gasteiger partial charge on any atom is -0.493 e. The Hall–Kier alpha value is -1.87. The Kier molecular flexibility index (Phi) is 9.37. The molecule has 1 atom stereocenters. The van der Waals surface area contributed by atoms with E-state index in [-0.39, 0.29) is 11.9 Å². The number of likely N-dealkylation sites (tertiary alicyclic amines) is 2. The first kappa shape index (κ1) is 25.7. The van der Waals surface area contributed by atoms with Crippen molar-refractivity contribution in [1.82, 2.24) is 20.0 Å². The van der Waals surface area contributed by atoms with E-state index in [0.29, 0.717) is 19.7 Å². The minimum atomic E-state index is -0.680. The lowest BCUT2D eigenvalue weighted by Crippen LogP contribution is -2.50. The highest BCUT2D eigenvalue weighted by Crippen LogP contribution is 2.30. The van der Waals surface area contributed by atoms with Crippen molar-refractivity contribution >= 4 is 5.91 Å². The Morgan fingerprint density at radius 2 is 1.97 bits per heavy atom. The fraction of sp³-hybridized carbons (Fsp3) is 0.720. The van der Waals surface area contributed by atoms with Gasteiger partial charge in [0.1, 0.15) is 0 Å². The number of benzene rings is 1. The number of β-amino-alcohol motifs (C(OH)–C–C–N with tert-alkyl or cyclic N) is 1. The minimum absolute atomic E-state index is 0.0408. The molecular formula is C25H42N4O4. The van der Waals surface area contributed by atoms with Gasteiger partial charge in [-0.1, -0.05) is 6.07 Å². The second kappa shape index (κ2) is 12.0. The average Bonchev–Trinajstić information content (AvgIpc) is 3.12. The second-order valence-electron chi connectivity index (χ2n) is 9.93. The molecule has 0 spiro atoms. The van der Waals surface area contributed by atoms with Gasteiger partial charge in [0.2, 0.25) is 5.91 Å². The lowest BCUT2D eigenvalue weighted by Gasteiger charge is -2.36. The van der Waals surface area contributed by atoms with Crippen LogP contribution in [0.15, 0.2) is 18.2 Å². The maximum atomic E-state index is 11.3. The molecule has 0 unspecified atom stereocenters. The summed E-state index contributed by atoms with van der Waals surface area (Å²) in [5.74, 6) is 1.58. The van der Waals surface area contributed by atoms with Gasteiger partial charge in [-0.25, -0.2) is 0 Å². The molecule has 1 aromatic rings. The van der Waals surface area contributed by atoms with Crippen molar-refractivity contribution in [1.29, 1.82) is 0 Å². The van der Waals surface area contributed by atoms with Gasteiger partial charge >= 0.3 is 0 Å². The molecule has 2 fully saturated rings. The van der Waals surface area contributed by atoms with Gasteiger partial charge in [-0.05, 0) is 57.5 Å². The lowest BCUT2D eigenvalue weighted by atomic mass is 9.99. The summed E-state index contributed by atoms with van der Waals surface area (Å²) < 4.78 is 11.5. The Bertz CT molecular complexity index is 767. The number of rotatable bonds is 11. The highest BCUT2D eigenvalue weighted by Gasteiger charge is 2.38. The van der Waals surface area contributed by atoms with Gasteiger partial charge in [-0.2, -0.15) is 0 Å². The van der Waals surface area contributed by atoms with E-state index in [1.807, 2.05) is 12.1 Å². The summed E-state index contributed by atoms with van der Waals surface area (Å²) in [6.45, 7) is 8.09. The number of hydrogen-bond donors (Lipinski definition) is 2. The molecule has 2 heterocycles. The van der Waals surface area contributed by atoms with Crippen molar-refractivity contribution < 1.29 is 19.4 Å². The molecule has 0 aliphatic carbocycles. The second-order valence-corrected chi connectivity index (χ2v) is 9.93. The maximum absolute atomic E-state index is 11.3. The highest BCUT2D eigenvalue weighted by atomic mass is 16.5. The van der Waals surface area contributed by atoms with Crippen molar-refractivity contribution in [2.75, 3.05) is 67.1 Å². The summed E-state index contributed by atoms with van der Waals surface area (Å²) in [7, 11) is 5.80. The molecule has 0 aromatic heterocycles. The largest absolute Gasteiger partial charge is 0.493 e. The van der Waals surface area contributed by atoms with E-state index in [9.17, 15) is 9.90 Å². The number of methoxy groups -OCH3 is 1.